The minimum Gasteiger partial charge on any atom is -0.377 e. The molecule has 4 rings (SSSR count). The molecule has 2 N–H and O–H groups in total. The average molecular weight is 527 g/mol. The second-order valence-corrected chi connectivity index (χ2v) is 9.08. The van der Waals surface area contributed by atoms with Crippen molar-refractivity contribution in [2.75, 3.05) is 30.0 Å². The van der Waals surface area contributed by atoms with Crippen LogP contribution in [0.15, 0.2) is 66.0 Å². The van der Waals surface area contributed by atoms with Crippen molar-refractivity contribution >= 4 is 17.4 Å². The molecule has 200 valence electrons. The van der Waals surface area contributed by atoms with Crippen LogP contribution in [0.4, 0.5) is 24.7 Å². The van der Waals surface area contributed by atoms with Gasteiger partial charge in [-0.1, -0.05) is 11.6 Å². The van der Waals surface area contributed by atoms with Gasteiger partial charge < -0.3 is 20.1 Å². The SMILES string of the molecule is CCN(c1ccc(-c2cc(NC(=O)c3ccnc(C(F)(F)F)c3)ccc2C)cn1)C(O)C1=C(C)CCOC1. The van der Waals surface area contributed by atoms with Gasteiger partial charge in [-0.15, -0.1) is 0 Å². The number of aliphatic hydroxyl groups excluding tert-OH is 1. The first kappa shape index (κ1) is 27.3. The number of nitrogens with zero attached hydrogens (tertiary/aromatic N) is 3. The fraction of sp³-hybridized carbons (Fsp3) is 0.321. The second kappa shape index (κ2) is 11.3. The van der Waals surface area contributed by atoms with Gasteiger partial charge in [-0.3, -0.25) is 9.78 Å². The van der Waals surface area contributed by atoms with Gasteiger partial charge in [-0.2, -0.15) is 13.2 Å². The predicted molar refractivity (Wildman–Crippen MR) is 139 cm³/mol. The molecular formula is C28H29F3N4O3. The van der Waals surface area contributed by atoms with Crippen LogP contribution in [0, 0.1) is 6.92 Å². The Morgan fingerprint density at radius 3 is 2.61 bits per heavy atom. The third-order valence-electron chi connectivity index (χ3n) is 6.54. The molecule has 1 aromatic carbocycles. The van der Waals surface area contributed by atoms with Crippen molar-refractivity contribution < 1.29 is 27.8 Å². The smallest absolute Gasteiger partial charge is 0.377 e. The molecule has 1 atom stereocenters. The summed E-state index contributed by atoms with van der Waals surface area (Å²) < 4.78 is 44.5. The molecule has 0 radical (unpaired) electrons. The molecule has 1 aliphatic heterocycles. The number of hydrogen-bond donors (Lipinski definition) is 2. The molecule has 0 aliphatic carbocycles. The lowest BCUT2D eigenvalue weighted by atomic mass is 10.0. The standard InChI is InChI=1S/C28H29F3N4O3/c1-4-35(27(37)23-16-38-12-10-18(23)3)25-8-6-20(15-33-25)22-14-21(7-5-17(22)2)34-26(36)19-9-11-32-24(13-19)28(29,30)31/h5-9,11,13-15,27,37H,4,10,12,16H2,1-3H3,(H,34,36). The van der Waals surface area contributed by atoms with E-state index in [1.807, 2.05) is 39.0 Å². The van der Waals surface area contributed by atoms with E-state index in [1.165, 1.54) is 6.07 Å². The predicted octanol–water partition coefficient (Wildman–Crippen LogP) is 5.60. The van der Waals surface area contributed by atoms with Gasteiger partial charge in [0.05, 0.1) is 13.2 Å². The summed E-state index contributed by atoms with van der Waals surface area (Å²) in [7, 11) is 0. The number of aryl methyl sites for hydroxylation is 1. The van der Waals surface area contributed by atoms with Crippen LogP contribution in [0.3, 0.4) is 0 Å². The molecule has 1 unspecified atom stereocenters. The van der Waals surface area contributed by atoms with Gasteiger partial charge in [0.1, 0.15) is 11.5 Å². The molecule has 1 amide bonds. The number of carbonyl (C=O) groups excluding carboxylic acids is 1. The first-order valence-corrected chi connectivity index (χ1v) is 12.2. The number of amides is 1. The Labute approximate surface area is 219 Å². The van der Waals surface area contributed by atoms with Gasteiger partial charge >= 0.3 is 6.18 Å². The van der Waals surface area contributed by atoms with Crippen molar-refractivity contribution in [3.63, 3.8) is 0 Å². The molecule has 0 saturated heterocycles. The lowest BCUT2D eigenvalue weighted by Gasteiger charge is -2.32. The van der Waals surface area contributed by atoms with E-state index >= 15 is 0 Å². The maximum atomic E-state index is 13.0. The minimum absolute atomic E-state index is 0.146. The summed E-state index contributed by atoms with van der Waals surface area (Å²) in [5.41, 5.74) is 3.63. The third-order valence-corrected chi connectivity index (χ3v) is 6.54. The van der Waals surface area contributed by atoms with Crippen molar-refractivity contribution in [2.24, 2.45) is 0 Å². The van der Waals surface area contributed by atoms with Crippen LogP contribution in [0.1, 0.15) is 41.9 Å². The van der Waals surface area contributed by atoms with Crippen LogP contribution in [-0.2, 0) is 10.9 Å². The maximum absolute atomic E-state index is 13.0. The van der Waals surface area contributed by atoms with E-state index in [1.54, 1.807) is 23.2 Å². The molecule has 10 heteroatoms. The van der Waals surface area contributed by atoms with Crippen LogP contribution in [0.5, 0.6) is 0 Å². The Morgan fingerprint density at radius 2 is 1.95 bits per heavy atom. The summed E-state index contributed by atoms with van der Waals surface area (Å²) in [4.78, 5) is 22.3. The molecule has 3 heterocycles. The number of anilines is 2. The number of aromatic nitrogens is 2. The van der Waals surface area contributed by atoms with Gasteiger partial charge in [0.15, 0.2) is 6.23 Å². The van der Waals surface area contributed by atoms with E-state index in [2.05, 4.69) is 15.3 Å². The number of halogens is 3. The second-order valence-electron chi connectivity index (χ2n) is 9.08. The highest BCUT2D eigenvalue weighted by molar-refractivity contribution is 6.04. The van der Waals surface area contributed by atoms with Gasteiger partial charge in [0.25, 0.3) is 5.91 Å². The van der Waals surface area contributed by atoms with Crippen molar-refractivity contribution in [2.45, 2.75) is 39.6 Å². The van der Waals surface area contributed by atoms with Crippen LogP contribution in [-0.4, -0.2) is 47.0 Å². The number of likely N-dealkylation sites (N-methyl/N-ethyl adjacent to an activating group) is 1. The van der Waals surface area contributed by atoms with Crippen LogP contribution in [0.25, 0.3) is 11.1 Å². The zero-order chi connectivity index (χ0) is 27.4. The number of benzene rings is 1. The van der Waals surface area contributed by atoms with Crippen molar-refractivity contribution in [3.05, 3.63) is 82.8 Å². The largest absolute Gasteiger partial charge is 0.433 e. The van der Waals surface area contributed by atoms with Gasteiger partial charge in [0.2, 0.25) is 0 Å². The first-order valence-electron chi connectivity index (χ1n) is 12.2. The Bertz CT molecular complexity index is 1340. The van der Waals surface area contributed by atoms with Crippen LogP contribution >= 0.6 is 0 Å². The molecule has 2 aromatic heterocycles. The summed E-state index contributed by atoms with van der Waals surface area (Å²) in [5.74, 6) is -0.0695. The van der Waals surface area contributed by atoms with Crippen molar-refractivity contribution in [3.8, 4) is 11.1 Å². The Hall–Kier alpha value is -3.76. The Morgan fingerprint density at radius 1 is 1.16 bits per heavy atom. The van der Waals surface area contributed by atoms with E-state index in [0.29, 0.717) is 31.3 Å². The fourth-order valence-corrected chi connectivity index (χ4v) is 4.29. The zero-order valence-electron chi connectivity index (χ0n) is 21.3. The number of aliphatic hydroxyl groups is 1. The van der Waals surface area contributed by atoms with Crippen LogP contribution < -0.4 is 10.2 Å². The number of alkyl halides is 3. The summed E-state index contributed by atoms with van der Waals surface area (Å²) in [6, 6.07) is 10.9. The van der Waals surface area contributed by atoms with Gasteiger partial charge in [-0.25, -0.2) is 4.98 Å². The molecule has 38 heavy (non-hydrogen) atoms. The van der Waals surface area contributed by atoms with E-state index in [4.69, 9.17) is 4.74 Å². The number of pyridine rings is 2. The highest BCUT2D eigenvalue weighted by Crippen LogP contribution is 2.30. The van der Waals surface area contributed by atoms with Crippen molar-refractivity contribution in [1.29, 1.82) is 0 Å². The topological polar surface area (TPSA) is 87.6 Å². The number of hydrogen-bond acceptors (Lipinski definition) is 6. The third kappa shape index (κ3) is 6.03. The molecule has 0 saturated carbocycles. The minimum atomic E-state index is -4.64. The Kier molecular flexibility index (Phi) is 8.13. The zero-order valence-corrected chi connectivity index (χ0v) is 21.3. The van der Waals surface area contributed by atoms with Crippen LogP contribution in [0.2, 0.25) is 0 Å². The molecule has 1 aliphatic rings. The number of nitrogens with one attached hydrogen (secondary N) is 1. The van der Waals surface area contributed by atoms with E-state index in [0.717, 1.165) is 46.5 Å². The molecule has 7 nitrogen and oxygen atoms in total. The van der Waals surface area contributed by atoms with E-state index in [9.17, 15) is 23.1 Å². The monoisotopic (exact) mass is 526 g/mol. The number of ether oxygens (including phenoxy) is 1. The summed E-state index contributed by atoms with van der Waals surface area (Å²) >= 11 is 0. The highest BCUT2D eigenvalue weighted by atomic mass is 19.4. The molecule has 0 spiro atoms. The number of rotatable bonds is 7. The van der Waals surface area contributed by atoms with Gasteiger partial charge in [-0.05, 0) is 74.7 Å². The first-order chi connectivity index (χ1) is 18.1. The Balaban J connectivity index is 1.54. The summed E-state index contributed by atoms with van der Waals surface area (Å²) in [6.07, 6.45) is -2.05. The molecule has 3 aromatic rings. The lowest BCUT2D eigenvalue weighted by Crippen LogP contribution is -2.39. The molecule has 0 bridgehead atoms. The highest BCUT2D eigenvalue weighted by Gasteiger charge is 2.33. The maximum Gasteiger partial charge on any atom is 0.433 e. The van der Waals surface area contributed by atoms with E-state index in [-0.39, 0.29) is 5.56 Å². The molecular weight excluding hydrogens is 497 g/mol. The lowest BCUT2D eigenvalue weighted by molar-refractivity contribution is -0.141. The summed E-state index contributed by atoms with van der Waals surface area (Å²) in [5, 5.41) is 13.7. The van der Waals surface area contributed by atoms with E-state index < -0.39 is 24.0 Å². The fourth-order valence-electron chi connectivity index (χ4n) is 4.29. The normalized spacial score (nSPS) is 14.8. The van der Waals surface area contributed by atoms with Gasteiger partial charge in [0, 0.05) is 41.3 Å². The number of carbonyl (C=O) groups is 1. The molecule has 0 fully saturated rings. The average Bonchev–Trinajstić information content (AvgIpc) is 2.90. The quantitative estimate of drug-likeness (QED) is 0.308. The summed E-state index contributed by atoms with van der Waals surface area (Å²) in [6.45, 7) is 7.43. The van der Waals surface area contributed by atoms with Crippen molar-refractivity contribution in [1.82, 2.24) is 9.97 Å².